The summed E-state index contributed by atoms with van der Waals surface area (Å²) in [5, 5.41) is 2.79. The van der Waals surface area contributed by atoms with Crippen molar-refractivity contribution in [2.45, 2.75) is 38.9 Å². The van der Waals surface area contributed by atoms with Crippen LogP contribution < -0.4 is 11.1 Å². The lowest BCUT2D eigenvalue weighted by Crippen LogP contribution is -2.22. The number of nitrogens with one attached hydrogen (secondary N) is 1. The molecule has 1 heterocycles. The first-order valence-corrected chi connectivity index (χ1v) is 5.90. The average molecular weight is 275 g/mol. The van der Waals surface area contributed by atoms with Crippen molar-refractivity contribution >= 4 is 11.7 Å². The number of rotatable bonds is 5. The van der Waals surface area contributed by atoms with E-state index in [-0.39, 0.29) is 17.4 Å². The Balaban J connectivity index is 3.12. The van der Waals surface area contributed by atoms with Crippen LogP contribution >= 0.6 is 0 Å². The van der Waals surface area contributed by atoms with Crippen LogP contribution in [0.5, 0.6) is 0 Å². The number of nitrogens with two attached hydrogens (primary N) is 1. The highest BCUT2D eigenvalue weighted by molar-refractivity contribution is 5.97. The quantitative estimate of drug-likeness (QED) is 0.868. The molecule has 0 aliphatic heterocycles. The Labute approximate surface area is 109 Å². The van der Waals surface area contributed by atoms with Crippen LogP contribution in [0.15, 0.2) is 12.1 Å². The molecule has 0 aliphatic carbocycles. The van der Waals surface area contributed by atoms with Crippen LogP contribution in [0.2, 0.25) is 0 Å². The van der Waals surface area contributed by atoms with Gasteiger partial charge in [-0.25, -0.2) is 4.98 Å². The zero-order valence-electron chi connectivity index (χ0n) is 10.7. The second-order valence-corrected chi connectivity index (χ2v) is 4.29. The molecular formula is C12H16F3N3O. The van der Waals surface area contributed by atoms with E-state index in [0.717, 1.165) is 25.0 Å². The lowest BCUT2D eigenvalue weighted by atomic mass is 10.1. The molecule has 4 nitrogen and oxygen atoms in total. The molecule has 1 unspecified atom stereocenters. The van der Waals surface area contributed by atoms with Crippen molar-refractivity contribution in [1.29, 1.82) is 0 Å². The summed E-state index contributed by atoms with van der Waals surface area (Å²) in [7, 11) is 0. The minimum absolute atomic E-state index is 0.0454. The second-order valence-electron chi connectivity index (χ2n) is 4.29. The molecule has 19 heavy (non-hydrogen) atoms. The first-order chi connectivity index (χ1) is 8.75. The van der Waals surface area contributed by atoms with Crippen LogP contribution in [-0.4, -0.2) is 16.9 Å². The number of halogens is 3. The molecule has 0 aromatic carbocycles. The van der Waals surface area contributed by atoms with Crippen molar-refractivity contribution in [3.8, 4) is 0 Å². The largest absolute Gasteiger partial charge is 0.433 e. The van der Waals surface area contributed by atoms with Gasteiger partial charge in [-0.05, 0) is 25.5 Å². The van der Waals surface area contributed by atoms with Gasteiger partial charge in [0.05, 0.1) is 5.56 Å². The first-order valence-electron chi connectivity index (χ1n) is 5.90. The summed E-state index contributed by atoms with van der Waals surface area (Å²) in [5.74, 6) is -0.935. The van der Waals surface area contributed by atoms with Gasteiger partial charge in [-0.15, -0.1) is 0 Å². The molecule has 1 atom stereocenters. The number of alkyl halides is 3. The van der Waals surface area contributed by atoms with Gasteiger partial charge in [-0.1, -0.05) is 13.3 Å². The molecule has 0 saturated carbocycles. The molecular weight excluding hydrogens is 259 g/mol. The van der Waals surface area contributed by atoms with Crippen LogP contribution in [0, 0.1) is 0 Å². The third kappa shape index (κ3) is 4.11. The SMILES string of the molecule is CCCC(C)Nc1nc(C(F)(F)F)ccc1C(N)=O. The van der Waals surface area contributed by atoms with E-state index >= 15 is 0 Å². The number of carbonyl (C=O) groups excluding carboxylic acids is 1. The zero-order chi connectivity index (χ0) is 14.6. The maximum absolute atomic E-state index is 12.6. The highest BCUT2D eigenvalue weighted by Crippen LogP contribution is 2.29. The third-order valence-corrected chi connectivity index (χ3v) is 2.56. The Hall–Kier alpha value is -1.79. The lowest BCUT2D eigenvalue weighted by Gasteiger charge is -2.17. The van der Waals surface area contributed by atoms with E-state index in [0.29, 0.717) is 0 Å². The fourth-order valence-corrected chi connectivity index (χ4v) is 1.66. The van der Waals surface area contributed by atoms with Crippen LogP contribution in [0.3, 0.4) is 0 Å². The van der Waals surface area contributed by atoms with Crippen molar-refractivity contribution < 1.29 is 18.0 Å². The summed E-state index contributed by atoms with van der Waals surface area (Å²) in [6, 6.07) is 1.69. The highest BCUT2D eigenvalue weighted by Gasteiger charge is 2.33. The summed E-state index contributed by atoms with van der Waals surface area (Å²) in [6.45, 7) is 3.75. The van der Waals surface area contributed by atoms with Gasteiger partial charge in [0.2, 0.25) is 0 Å². The van der Waals surface area contributed by atoms with Crippen molar-refractivity contribution in [1.82, 2.24) is 4.98 Å². The van der Waals surface area contributed by atoms with Crippen molar-refractivity contribution in [2.75, 3.05) is 5.32 Å². The van der Waals surface area contributed by atoms with E-state index in [1.54, 1.807) is 6.92 Å². The fraction of sp³-hybridized carbons (Fsp3) is 0.500. The van der Waals surface area contributed by atoms with E-state index in [1.807, 2.05) is 6.92 Å². The maximum Gasteiger partial charge on any atom is 0.433 e. The Kier molecular flexibility index (Phi) is 4.74. The number of pyridine rings is 1. The number of primary amides is 1. The molecule has 0 radical (unpaired) electrons. The number of carbonyl (C=O) groups is 1. The van der Waals surface area contributed by atoms with Crippen LogP contribution in [0.1, 0.15) is 42.7 Å². The van der Waals surface area contributed by atoms with Gasteiger partial charge in [0, 0.05) is 6.04 Å². The predicted octanol–water partition coefficient (Wildman–Crippen LogP) is 2.80. The number of aromatic nitrogens is 1. The second kappa shape index (κ2) is 5.90. The molecule has 3 N–H and O–H groups in total. The van der Waals surface area contributed by atoms with Gasteiger partial charge >= 0.3 is 6.18 Å². The molecule has 1 aromatic heterocycles. The number of anilines is 1. The van der Waals surface area contributed by atoms with Gasteiger partial charge in [0.25, 0.3) is 5.91 Å². The molecule has 0 fully saturated rings. The molecule has 0 spiro atoms. The van der Waals surface area contributed by atoms with Crippen LogP contribution in [-0.2, 0) is 6.18 Å². The van der Waals surface area contributed by atoms with E-state index in [4.69, 9.17) is 5.73 Å². The zero-order valence-corrected chi connectivity index (χ0v) is 10.7. The van der Waals surface area contributed by atoms with Crippen LogP contribution in [0.4, 0.5) is 19.0 Å². The molecule has 7 heteroatoms. The van der Waals surface area contributed by atoms with Crippen LogP contribution in [0.25, 0.3) is 0 Å². The van der Waals surface area contributed by atoms with Crippen molar-refractivity contribution in [3.05, 3.63) is 23.4 Å². The smallest absolute Gasteiger partial charge is 0.367 e. The summed E-state index contributed by atoms with van der Waals surface area (Å²) in [5.41, 5.74) is 4.03. The number of amides is 1. The van der Waals surface area contributed by atoms with Crippen molar-refractivity contribution in [3.63, 3.8) is 0 Å². The Morgan fingerprint density at radius 2 is 2.11 bits per heavy atom. The van der Waals surface area contributed by atoms with Crippen molar-refractivity contribution in [2.24, 2.45) is 5.73 Å². The Bertz CT molecular complexity index is 460. The standard InChI is InChI=1S/C12H16F3N3O/c1-3-4-7(2)17-11-8(10(16)19)5-6-9(18-11)12(13,14)15/h5-7H,3-4H2,1-2H3,(H2,16,19)(H,17,18). The van der Waals surface area contributed by atoms with E-state index in [9.17, 15) is 18.0 Å². The van der Waals surface area contributed by atoms with Gasteiger partial charge < -0.3 is 11.1 Å². The molecule has 106 valence electrons. The van der Waals surface area contributed by atoms with E-state index in [1.165, 1.54) is 0 Å². The Morgan fingerprint density at radius 3 is 2.58 bits per heavy atom. The normalized spacial score (nSPS) is 13.1. The van der Waals surface area contributed by atoms with E-state index in [2.05, 4.69) is 10.3 Å². The molecule has 0 aliphatic rings. The lowest BCUT2D eigenvalue weighted by molar-refractivity contribution is -0.141. The minimum atomic E-state index is -4.55. The topological polar surface area (TPSA) is 68.0 Å². The average Bonchev–Trinajstić information content (AvgIpc) is 2.27. The number of hydrogen-bond acceptors (Lipinski definition) is 3. The van der Waals surface area contributed by atoms with Gasteiger partial charge in [-0.3, -0.25) is 4.79 Å². The molecule has 0 bridgehead atoms. The monoisotopic (exact) mass is 275 g/mol. The number of nitrogens with zero attached hydrogens (tertiary/aromatic N) is 1. The highest BCUT2D eigenvalue weighted by atomic mass is 19.4. The van der Waals surface area contributed by atoms with Gasteiger partial charge in [-0.2, -0.15) is 13.2 Å². The predicted molar refractivity (Wildman–Crippen MR) is 65.7 cm³/mol. The van der Waals surface area contributed by atoms with Gasteiger partial charge in [0.1, 0.15) is 11.5 Å². The first kappa shape index (κ1) is 15.3. The Morgan fingerprint density at radius 1 is 1.47 bits per heavy atom. The summed E-state index contributed by atoms with van der Waals surface area (Å²) in [4.78, 5) is 14.6. The van der Waals surface area contributed by atoms with Gasteiger partial charge in [0.15, 0.2) is 0 Å². The van der Waals surface area contributed by atoms with E-state index < -0.39 is 17.8 Å². The third-order valence-electron chi connectivity index (χ3n) is 2.56. The molecule has 0 saturated heterocycles. The summed E-state index contributed by atoms with van der Waals surface area (Å²) in [6.07, 6.45) is -2.95. The number of hydrogen-bond donors (Lipinski definition) is 2. The molecule has 1 aromatic rings. The summed E-state index contributed by atoms with van der Waals surface area (Å²) >= 11 is 0. The minimum Gasteiger partial charge on any atom is -0.367 e. The summed E-state index contributed by atoms with van der Waals surface area (Å²) < 4.78 is 37.7. The molecule has 1 amide bonds. The molecule has 1 rings (SSSR count). The fourth-order valence-electron chi connectivity index (χ4n) is 1.66. The maximum atomic E-state index is 12.6.